The number of aromatic nitrogens is 1. The number of carbonyl (C=O) groups excluding carboxylic acids is 1. The van der Waals surface area contributed by atoms with Gasteiger partial charge in [-0.25, -0.2) is 0 Å². The number of nitrogens with zero attached hydrogens (tertiary/aromatic N) is 2. The van der Waals surface area contributed by atoms with Crippen molar-refractivity contribution in [3.05, 3.63) is 74.4 Å². The molecule has 4 rings (SSSR count). The van der Waals surface area contributed by atoms with Gasteiger partial charge in [0.1, 0.15) is 17.4 Å². The van der Waals surface area contributed by atoms with Crippen molar-refractivity contribution in [2.24, 2.45) is 12.0 Å². The number of hydrogen-bond donors (Lipinski definition) is 0. The third-order valence-corrected chi connectivity index (χ3v) is 5.42. The lowest BCUT2D eigenvalue weighted by atomic mass is 10.1. The number of fused-ring (bicyclic) bond motifs is 2. The van der Waals surface area contributed by atoms with Gasteiger partial charge >= 0.3 is 0 Å². The molecule has 0 aliphatic rings. The highest BCUT2D eigenvalue weighted by atomic mass is 32.1. The van der Waals surface area contributed by atoms with E-state index >= 15 is 0 Å². The first kappa shape index (κ1) is 16.5. The van der Waals surface area contributed by atoms with Crippen molar-refractivity contribution in [2.75, 3.05) is 0 Å². The molecule has 0 N–H and O–H groups in total. The maximum atomic E-state index is 12.6. The van der Waals surface area contributed by atoms with Crippen LogP contribution in [-0.2, 0) is 7.05 Å². The van der Waals surface area contributed by atoms with E-state index in [0.717, 1.165) is 21.3 Å². The predicted molar refractivity (Wildman–Crippen MR) is 103 cm³/mol. The van der Waals surface area contributed by atoms with Gasteiger partial charge in [0, 0.05) is 7.05 Å². The Morgan fingerprint density at radius 1 is 1.19 bits per heavy atom. The first-order chi connectivity index (χ1) is 12.5. The van der Waals surface area contributed by atoms with Gasteiger partial charge in [0.05, 0.1) is 15.6 Å². The standard InChI is InChI=1S/C20H16N2O3S/c1-11-8-12(2)17-16(9-11)26-20(22(17)3)21-19(24)14-10-25-15-7-5-4-6-13(15)18(14)23/h4-10H,1-3H3. The Morgan fingerprint density at radius 3 is 2.77 bits per heavy atom. The second-order valence-electron chi connectivity index (χ2n) is 6.26. The van der Waals surface area contributed by atoms with Crippen LogP contribution in [0.2, 0.25) is 0 Å². The highest BCUT2D eigenvalue weighted by Crippen LogP contribution is 2.22. The fourth-order valence-corrected chi connectivity index (χ4v) is 4.35. The van der Waals surface area contributed by atoms with Crippen molar-refractivity contribution in [3.63, 3.8) is 0 Å². The van der Waals surface area contributed by atoms with E-state index in [0.29, 0.717) is 15.8 Å². The molecule has 2 heterocycles. The van der Waals surface area contributed by atoms with Gasteiger partial charge in [-0.2, -0.15) is 4.99 Å². The van der Waals surface area contributed by atoms with Gasteiger partial charge in [-0.1, -0.05) is 29.5 Å². The average molecular weight is 364 g/mol. The van der Waals surface area contributed by atoms with E-state index in [4.69, 9.17) is 4.42 Å². The zero-order valence-corrected chi connectivity index (χ0v) is 15.4. The molecule has 4 aromatic rings. The van der Waals surface area contributed by atoms with Gasteiger partial charge in [0.25, 0.3) is 5.91 Å². The maximum absolute atomic E-state index is 12.6. The molecular weight excluding hydrogens is 348 g/mol. The highest BCUT2D eigenvalue weighted by molar-refractivity contribution is 7.16. The van der Waals surface area contributed by atoms with E-state index in [-0.39, 0.29) is 11.0 Å². The van der Waals surface area contributed by atoms with E-state index in [1.807, 2.05) is 25.5 Å². The smallest absolute Gasteiger partial charge is 0.286 e. The summed E-state index contributed by atoms with van der Waals surface area (Å²) in [5, 5.41) is 0.376. The molecule has 0 saturated heterocycles. The quantitative estimate of drug-likeness (QED) is 0.517. The molecule has 0 spiro atoms. The fraction of sp³-hybridized carbons (Fsp3) is 0.150. The highest BCUT2D eigenvalue weighted by Gasteiger charge is 2.15. The summed E-state index contributed by atoms with van der Waals surface area (Å²) in [7, 11) is 1.87. The van der Waals surface area contributed by atoms with Gasteiger partial charge in [0.15, 0.2) is 4.80 Å². The Labute approximate surface area is 152 Å². The number of para-hydroxylation sites is 1. The average Bonchev–Trinajstić information content (AvgIpc) is 2.91. The third kappa shape index (κ3) is 2.59. The molecule has 0 bridgehead atoms. The zero-order chi connectivity index (χ0) is 18.4. The Bertz CT molecular complexity index is 1310. The van der Waals surface area contributed by atoms with Crippen molar-refractivity contribution >= 4 is 38.4 Å². The molecule has 0 aliphatic heterocycles. The van der Waals surface area contributed by atoms with Crippen LogP contribution in [0.5, 0.6) is 0 Å². The molecule has 130 valence electrons. The van der Waals surface area contributed by atoms with Crippen LogP contribution >= 0.6 is 11.3 Å². The van der Waals surface area contributed by atoms with Crippen LogP contribution < -0.4 is 10.2 Å². The van der Waals surface area contributed by atoms with E-state index in [1.54, 1.807) is 24.3 Å². The molecule has 0 aliphatic carbocycles. The number of hydrogen-bond acceptors (Lipinski definition) is 4. The number of aryl methyl sites for hydroxylation is 3. The monoisotopic (exact) mass is 364 g/mol. The van der Waals surface area contributed by atoms with Crippen LogP contribution in [0.4, 0.5) is 0 Å². The van der Waals surface area contributed by atoms with Crippen molar-refractivity contribution in [3.8, 4) is 0 Å². The van der Waals surface area contributed by atoms with E-state index in [9.17, 15) is 9.59 Å². The van der Waals surface area contributed by atoms with Gasteiger partial charge in [0.2, 0.25) is 5.43 Å². The minimum absolute atomic E-state index is 0.0611. The normalized spacial score (nSPS) is 12.2. The van der Waals surface area contributed by atoms with Crippen LogP contribution in [0.3, 0.4) is 0 Å². The van der Waals surface area contributed by atoms with Gasteiger partial charge < -0.3 is 8.98 Å². The number of amides is 1. The summed E-state index contributed by atoms with van der Waals surface area (Å²) in [6.45, 7) is 4.07. The topological polar surface area (TPSA) is 64.6 Å². The van der Waals surface area contributed by atoms with Gasteiger partial charge in [-0.3, -0.25) is 9.59 Å². The molecule has 0 radical (unpaired) electrons. The van der Waals surface area contributed by atoms with E-state index in [1.165, 1.54) is 17.6 Å². The second kappa shape index (κ2) is 6.07. The van der Waals surface area contributed by atoms with Crippen molar-refractivity contribution in [2.45, 2.75) is 13.8 Å². The van der Waals surface area contributed by atoms with Crippen LogP contribution in [0.25, 0.3) is 21.2 Å². The lowest BCUT2D eigenvalue weighted by Gasteiger charge is -2.01. The van der Waals surface area contributed by atoms with E-state index < -0.39 is 5.91 Å². The molecule has 26 heavy (non-hydrogen) atoms. The molecule has 0 unspecified atom stereocenters. The fourth-order valence-electron chi connectivity index (χ4n) is 3.16. The predicted octanol–water partition coefficient (Wildman–Crippen LogP) is 3.70. The van der Waals surface area contributed by atoms with Gasteiger partial charge in [-0.05, 0) is 43.2 Å². The lowest BCUT2D eigenvalue weighted by Crippen LogP contribution is -2.18. The number of rotatable bonds is 1. The van der Waals surface area contributed by atoms with Crippen LogP contribution in [0, 0.1) is 13.8 Å². The lowest BCUT2D eigenvalue weighted by molar-refractivity contribution is 0.0995. The van der Waals surface area contributed by atoms with Gasteiger partial charge in [-0.15, -0.1) is 0 Å². The Kier molecular flexibility index (Phi) is 3.85. The first-order valence-corrected chi connectivity index (χ1v) is 8.94. The SMILES string of the molecule is Cc1cc(C)c2c(c1)sc(=NC(=O)c1coc3ccccc3c1=O)n2C. The molecule has 1 amide bonds. The summed E-state index contributed by atoms with van der Waals surface area (Å²) >= 11 is 1.43. The Hall–Kier alpha value is -2.99. The van der Waals surface area contributed by atoms with Crippen molar-refractivity contribution in [1.82, 2.24) is 4.57 Å². The number of thiazole rings is 1. The van der Waals surface area contributed by atoms with Crippen LogP contribution in [0.15, 0.2) is 56.9 Å². The summed E-state index contributed by atoms with van der Waals surface area (Å²) in [5.41, 5.74) is 3.35. The largest absolute Gasteiger partial charge is 0.463 e. The molecule has 0 atom stereocenters. The Balaban J connectivity index is 1.90. The van der Waals surface area contributed by atoms with E-state index in [2.05, 4.69) is 17.1 Å². The third-order valence-electron chi connectivity index (χ3n) is 4.34. The number of carbonyl (C=O) groups is 1. The van der Waals surface area contributed by atoms with Crippen molar-refractivity contribution in [1.29, 1.82) is 0 Å². The summed E-state index contributed by atoms with van der Waals surface area (Å²) in [6, 6.07) is 11.0. The molecule has 2 aromatic heterocycles. The molecule has 0 fully saturated rings. The van der Waals surface area contributed by atoms with Crippen molar-refractivity contribution < 1.29 is 9.21 Å². The minimum Gasteiger partial charge on any atom is -0.463 e. The summed E-state index contributed by atoms with van der Waals surface area (Å²) in [6.07, 6.45) is 1.19. The zero-order valence-electron chi connectivity index (χ0n) is 14.6. The molecular formula is C20H16N2O3S. The first-order valence-electron chi connectivity index (χ1n) is 8.12. The minimum atomic E-state index is -0.596. The summed E-state index contributed by atoms with van der Waals surface area (Å²) in [5.74, 6) is -0.596. The Morgan fingerprint density at radius 2 is 1.96 bits per heavy atom. The van der Waals surface area contributed by atoms with Crippen LogP contribution in [0.1, 0.15) is 21.5 Å². The molecule has 5 nitrogen and oxygen atoms in total. The number of benzene rings is 2. The summed E-state index contributed by atoms with van der Waals surface area (Å²) in [4.78, 5) is 29.9. The second-order valence-corrected chi connectivity index (χ2v) is 7.27. The summed E-state index contributed by atoms with van der Waals surface area (Å²) < 4.78 is 8.36. The maximum Gasteiger partial charge on any atom is 0.286 e. The molecule has 0 saturated carbocycles. The molecule has 6 heteroatoms. The molecule has 2 aromatic carbocycles. The van der Waals surface area contributed by atoms with Crippen LogP contribution in [-0.4, -0.2) is 10.5 Å².